The van der Waals surface area contributed by atoms with Crippen molar-refractivity contribution in [3.8, 4) is 0 Å². The summed E-state index contributed by atoms with van der Waals surface area (Å²) in [4.78, 5) is 15.8. The van der Waals surface area contributed by atoms with E-state index < -0.39 is 5.97 Å². The lowest BCUT2D eigenvalue weighted by Crippen LogP contribution is -2.09. The van der Waals surface area contributed by atoms with Crippen molar-refractivity contribution < 1.29 is 9.90 Å². The summed E-state index contributed by atoms with van der Waals surface area (Å²) in [7, 11) is 0. The number of rotatable bonds is 5. The number of carboxylic acids is 1. The lowest BCUT2D eigenvalue weighted by molar-refractivity contribution is 0.0696. The zero-order valence-corrected chi connectivity index (χ0v) is 12.2. The standard InChI is InChI=1S/C15H21NO2S/c1-2-6-12-9-11(15(17)18)10-14(16-12)19-13-7-4-3-5-8-13/h9-10,13H,2-8H2,1H3,(H,17,18). The first-order valence-corrected chi connectivity index (χ1v) is 7.98. The van der Waals surface area contributed by atoms with E-state index in [1.54, 1.807) is 23.9 Å². The highest BCUT2D eigenvalue weighted by molar-refractivity contribution is 7.99. The number of aromatic nitrogens is 1. The minimum absolute atomic E-state index is 0.372. The molecule has 19 heavy (non-hydrogen) atoms. The van der Waals surface area contributed by atoms with Crippen LogP contribution in [0.4, 0.5) is 0 Å². The molecule has 0 radical (unpaired) electrons. The van der Waals surface area contributed by atoms with E-state index in [9.17, 15) is 9.90 Å². The van der Waals surface area contributed by atoms with Crippen LogP contribution >= 0.6 is 11.8 Å². The predicted molar refractivity (Wildman–Crippen MR) is 77.9 cm³/mol. The van der Waals surface area contributed by atoms with Crippen molar-refractivity contribution in [3.05, 3.63) is 23.4 Å². The number of aromatic carboxylic acids is 1. The fraction of sp³-hybridized carbons (Fsp3) is 0.600. The zero-order chi connectivity index (χ0) is 13.7. The average molecular weight is 279 g/mol. The van der Waals surface area contributed by atoms with E-state index in [4.69, 9.17) is 0 Å². The van der Waals surface area contributed by atoms with E-state index in [1.165, 1.54) is 32.1 Å². The Morgan fingerprint density at radius 1 is 1.37 bits per heavy atom. The van der Waals surface area contributed by atoms with Gasteiger partial charge in [-0.15, -0.1) is 11.8 Å². The number of pyridine rings is 1. The summed E-state index contributed by atoms with van der Waals surface area (Å²) >= 11 is 1.76. The fourth-order valence-corrected chi connectivity index (χ4v) is 3.76. The van der Waals surface area contributed by atoms with Gasteiger partial charge in [0.05, 0.1) is 10.6 Å². The lowest BCUT2D eigenvalue weighted by atomic mass is 10.0. The van der Waals surface area contributed by atoms with Crippen molar-refractivity contribution in [2.45, 2.75) is 62.1 Å². The molecule has 4 heteroatoms. The molecule has 0 amide bonds. The van der Waals surface area contributed by atoms with Crippen LogP contribution < -0.4 is 0 Å². The van der Waals surface area contributed by atoms with Crippen LogP contribution in [-0.2, 0) is 6.42 Å². The normalized spacial score (nSPS) is 16.5. The molecule has 104 valence electrons. The molecule has 1 heterocycles. The van der Waals surface area contributed by atoms with E-state index in [1.807, 2.05) is 0 Å². The number of aryl methyl sites for hydroxylation is 1. The molecule has 1 aliphatic carbocycles. The third-order valence-electron chi connectivity index (χ3n) is 3.45. The Hall–Kier alpha value is -1.03. The Bertz CT molecular complexity index is 442. The summed E-state index contributed by atoms with van der Waals surface area (Å²) in [5.74, 6) is -0.856. The van der Waals surface area contributed by atoms with E-state index in [0.29, 0.717) is 10.8 Å². The molecule has 0 aliphatic heterocycles. The van der Waals surface area contributed by atoms with Crippen LogP contribution in [0.15, 0.2) is 17.2 Å². The molecule has 0 bridgehead atoms. The van der Waals surface area contributed by atoms with Crippen LogP contribution in [0.1, 0.15) is 61.5 Å². The molecule has 0 saturated heterocycles. The third-order valence-corrected chi connectivity index (χ3v) is 4.70. The van der Waals surface area contributed by atoms with E-state index in [2.05, 4.69) is 11.9 Å². The highest BCUT2D eigenvalue weighted by Crippen LogP contribution is 2.33. The maximum atomic E-state index is 11.2. The number of carboxylic acid groups (broad SMARTS) is 1. The molecule has 1 saturated carbocycles. The highest BCUT2D eigenvalue weighted by Gasteiger charge is 2.17. The first kappa shape index (κ1) is 14.4. The molecule has 0 aromatic carbocycles. The van der Waals surface area contributed by atoms with Crippen molar-refractivity contribution in [1.82, 2.24) is 4.98 Å². The molecular weight excluding hydrogens is 258 g/mol. The van der Waals surface area contributed by atoms with Gasteiger partial charge in [-0.2, -0.15) is 0 Å². The molecular formula is C15H21NO2S. The van der Waals surface area contributed by atoms with E-state index in [0.717, 1.165) is 23.6 Å². The van der Waals surface area contributed by atoms with Gasteiger partial charge in [0, 0.05) is 10.9 Å². The summed E-state index contributed by atoms with van der Waals surface area (Å²) in [5.41, 5.74) is 1.28. The van der Waals surface area contributed by atoms with Crippen molar-refractivity contribution in [1.29, 1.82) is 0 Å². The second-order valence-corrected chi connectivity index (χ2v) is 6.44. The van der Waals surface area contributed by atoms with Crippen molar-refractivity contribution in [2.24, 2.45) is 0 Å². The monoisotopic (exact) mass is 279 g/mol. The number of hydrogen-bond acceptors (Lipinski definition) is 3. The van der Waals surface area contributed by atoms with Crippen molar-refractivity contribution >= 4 is 17.7 Å². The van der Waals surface area contributed by atoms with Crippen LogP contribution in [0.25, 0.3) is 0 Å². The topological polar surface area (TPSA) is 50.2 Å². The Morgan fingerprint density at radius 3 is 2.74 bits per heavy atom. The minimum Gasteiger partial charge on any atom is -0.478 e. The number of carbonyl (C=O) groups is 1. The first-order valence-electron chi connectivity index (χ1n) is 7.10. The summed E-state index contributed by atoms with van der Waals surface area (Å²) in [5, 5.41) is 10.7. The zero-order valence-electron chi connectivity index (χ0n) is 11.4. The second kappa shape index (κ2) is 6.94. The number of nitrogens with zero attached hydrogens (tertiary/aromatic N) is 1. The molecule has 2 rings (SSSR count). The Labute approximate surface area is 118 Å². The molecule has 1 aromatic heterocycles. The Kier molecular flexibility index (Phi) is 5.25. The first-order chi connectivity index (χ1) is 9.19. The van der Waals surface area contributed by atoms with Crippen molar-refractivity contribution in [3.63, 3.8) is 0 Å². The molecule has 0 atom stereocenters. The Balaban J connectivity index is 2.15. The maximum absolute atomic E-state index is 11.2. The predicted octanol–water partition coefficient (Wildman–Crippen LogP) is 4.16. The third kappa shape index (κ3) is 4.23. The molecule has 1 aromatic rings. The number of thioether (sulfide) groups is 1. The second-order valence-electron chi connectivity index (χ2n) is 5.12. The molecule has 0 spiro atoms. The largest absolute Gasteiger partial charge is 0.478 e. The van der Waals surface area contributed by atoms with Crippen LogP contribution in [0.2, 0.25) is 0 Å². The van der Waals surface area contributed by atoms with Gasteiger partial charge < -0.3 is 5.11 Å². The minimum atomic E-state index is -0.856. The van der Waals surface area contributed by atoms with Gasteiger partial charge in [-0.1, -0.05) is 32.6 Å². The van der Waals surface area contributed by atoms with E-state index >= 15 is 0 Å². The summed E-state index contributed by atoms with van der Waals surface area (Å²) in [6.07, 6.45) is 8.21. The van der Waals surface area contributed by atoms with Gasteiger partial charge in [0.15, 0.2) is 0 Å². The quantitative estimate of drug-likeness (QED) is 0.879. The smallest absolute Gasteiger partial charge is 0.335 e. The fourth-order valence-electron chi connectivity index (χ4n) is 2.48. The maximum Gasteiger partial charge on any atom is 0.335 e. The lowest BCUT2D eigenvalue weighted by Gasteiger charge is -2.20. The number of hydrogen-bond donors (Lipinski definition) is 1. The SMILES string of the molecule is CCCc1cc(C(=O)O)cc(SC2CCCCC2)n1. The van der Waals surface area contributed by atoms with Gasteiger partial charge in [0.1, 0.15) is 0 Å². The Morgan fingerprint density at radius 2 is 2.11 bits per heavy atom. The van der Waals surface area contributed by atoms with Gasteiger partial charge in [-0.3, -0.25) is 0 Å². The molecule has 0 unspecified atom stereocenters. The summed E-state index contributed by atoms with van der Waals surface area (Å²) in [6.45, 7) is 2.09. The van der Waals surface area contributed by atoms with Gasteiger partial charge >= 0.3 is 5.97 Å². The molecule has 1 N–H and O–H groups in total. The summed E-state index contributed by atoms with van der Waals surface area (Å²) in [6, 6.07) is 3.43. The molecule has 3 nitrogen and oxygen atoms in total. The van der Waals surface area contributed by atoms with Gasteiger partial charge in [0.2, 0.25) is 0 Å². The van der Waals surface area contributed by atoms with Gasteiger partial charge in [-0.25, -0.2) is 9.78 Å². The molecule has 1 fully saturated rings. The molecule has 1 aliphatic rings. The van der Waals surface area contributed by atoms with E-state index in [-0.39, 0.29) is 0 Å². The van der Waals surface area contributed by atoms with Crippen LogP contribution in [0.5, 0.6) is 0 Å². The van der Waals surface area contributed by atoms with Crippen LogP contribution in [0.3, 0.4) is 0 Å². The van der Waals surface area contributed by atoms with Crippen LogP contribution in [-0.4, -0.2) is 21.3 Å². The average Bonchev–Trinajstić information content (AvgIpc) is 2.40. The summed E-state index contributed by atoms with van der Waals surface area (Å²) < 4.78 is 0. The van der Waals surface area contributed by atoms with Crippen molar-refractivity contribution in [2.75, 3.05) is 0 Å². The highest BCUT2D eigenvalue weighted by atomic mass is 32.2. The van der Waals surface area contributed by atoms with Crippen LogP contribution in [0, 0.1) is 0 Å². The van der Waals surface area contributed by atoms with Gasteiger partial charge in [-0.05, 0) is 31.4 Å². The van der Waals surface area contributed by atoms with Gasteiger partial charge in [0.25, 0.3) is 0 Å².